The van der Waals surface area contributed by atoms with Crippen LogP contribution in [0.3, 0.4) is 0 Å². The van der Waals surface area contributed by atoms with Crippen LogP contribution in [0.25, 0.3) is 10.8 Å². The maximum absolute atomic E-state index is 11.2. The zero-order chi connectivity index (χ0) is 11.1. The van der Waals surface area contributed by atoms with Crippen molar-refractivity contribution in [1.29, 1.82) is 0 Å². The summed E-state index contributed by atoms with van der Waals surface area (Å²) in [5.41, 5.74) is 0.552. The van der Waals surface area contributed by atoms with E-state index in [1.165, 1.54) is 0 Å². The second-order valence-corrected chi connectivity index (χ2v) is 4.77. The van der Waals surface area contributed by atoms with E-state index < -0.39 is 10.1 Å². The average molecular weight is 261 g/mol. The molecule has 0 saturated carbocycles. The summed E-state index contributed by atoms with van der Waals surface area (Å²) in [6.45, 7) is 1.66. The Balaban J connectivity index is 0.00000128. The molecule has 5 heteroatoms. The van der Waals surface area contributed by atoms with Crippen molar-refractivity contribution >= 4 is 72.3 Å². The van der Waals surface area contributed by atoms with Gasteiger partial charge in [-0.15, -0.1) is 0 Å². The Hall–Kier alpha value is 0.246. The van der Waals surface area contributed by atoms with E-state index in [-0.39, 0.29) is 56.3 Å². The summed E-state index contributed by atoms with van der Waals surface area (Å²) in [5.74, 6) is 0. The molecule has 0 unspecified atom stereocenters. The standard InChI is InChI=1S/C11H10O3S.K/c1-8-6-7-9-4-2-3-5-10(9)11(8)15(12,13)14;/h2-7H,1H3,(H,12,13,14);. The number of fused-ring (bicyclic) bond motifs is 1. The molecule has 1 N–H and O–H groups in total. The van der Waals surface area contributed by atoms with Crippen LogP contribution < -0.4 is 0 Å². The molecule has 3 nitrogen and oxygen atoms in total. The SMILES string of the molecule is Cc1ccc2ccccc2c1S(=O)(=O)O.[K]. The van der Waals surface area contributed by atoms with Crippen LogP contribution in [-0.2, 0) is 10.1 Å². The van der Waals surface area contributed by atoms with Gasteiger partial charge in [-0.25, -0.2) is 0 Å². The number of hydrogen-bond acceptors (Lipinski definition) is 2. The van der Waals surface area contributed by atoms with Crippen LogP contribution >= 0.6 is 0 Å². The Morgan fingerprint density at radius 3 is 2.31 bits per heavy atom. The fourth-order valence-corrected chi connectivity index (χ4v) is 2.63. The van der Waals surface area contributed by atoms with Crippen molar-refractivity contribution in [2.24, 2.45) is 0 Å². The first kappa shape index (κ1) is 14.3. The smallest absolute Gasteiger partial charge is 0.282 e. The Labute approximate surface area is 137 Å². The van der Waals surface area contributed by atoms with E-state index in [0.717, 1.165) is 5.39 Å². The molecule has 0 aliphatic rings. The van der Waals surface area contributed by atoms with Crippen LogP contribution in [0.5, 0.6) is 0 Å². The van der Waals surface area contributed by atoms with Crippen molar-refractivity contribution in [1.82, 2.24) is 0 Å². The monoisotopic (exact) mass is 261 g/mol. The Morgan fingerprint density at radius 1 is 1.06 bits per heavy atom. The molecule has 0 amide bonds. The molecule has 0 aliphatic heterocycles. The number of benzene rings is 2. The van der Waals surface area contributed by atoms with Crippen molar-refractivity contribution in [3.8, 4) is 0 Å². The number of rotatable bonds is 1. The molecule has 0 saturated heterocycles. The largest absolute Gasteiger partial charge is 0.295 e. The molecule has 0 heterocycles. The van der Waals surface area contributed by atoms with Gasteiger partial charge in [-0.2, -0.15) is 8.42 Å². The van der Waals surface area contributed by atoms with E-state index >= 15 is 0 Å². The topological polar surface area (TPSA) is 54.4 Å². The molecule has 0 aliphatic carbocycles. The maximum Gasteiger partial charge on any atom is 0.295 e. The van der Waals surface area contributed by atoms with Gasteiger partial charge in [0.2, 0.25) is 0 Å². The van der Waals surface area contributed by atoms with Gasteiger partial charge in [-0.05, 0) is 17.9 Å². The van der Waals surface area contributed by atoms with Gasteiger partial charge >= 0.3 is 0 Å². The summed E-state index contributed by atoms with van der Waals surface area (Å²) in [6, 6.07) is 10.6. The molecule has 0 spiro atoms. The molecular formula is C11H10KO3S. The molecule has 1 radical (unpaired) electrons. The van der Waals surface area contributed by atoms with Gasteiger partial charge < -0.3 is 0 Å². The van der Waals surface area contributed by atoms with Gasteiger partial charge in [0, 0.05) is 56.8 Å². The Morgan fingerprint density at radius 2 is 1.69 bits per heavy atom. The first-order valence-electron chi connectivity index (χ1n) is 4.46. The maximum atomic E-state index is 11.2. The van der Waals surface area contributed by atoms with Gasteiger partial charge in [-0.1, -0.05) is 36.4 Å². The van der Waals surface area contributed by atoms with Crippen molar-refractivity contribution in [3.05, 3.63) is 42.0 Å². The van der Waals surface area contributed by atoms with Gasteiger partial charge in [0.1, 0.15) is 4.90 Å². The van der Waals surface area contributed by atoms with E-state index in [4.69, 9.17) is 4.55 Å². The summed E-state index contributed by atoms with van der Waals surface area (Å²) in [6.07, 6.45) is 0. The third-order valence-electron chi connectivity index (χ3n) is 2.33. The molecule has 79 valence electrons. The van der Waals surface area contributed by atoms with Crippen LogP contribution in [-0.4, -0.2) is 64.4 Å². The van der Waals surface area contributed by atoms with Crippen molar-refractivity contribution in [3.63, 3.8) is 0 Å². The first-order chi connectivity index (χ1) is 7.00. The molecule has 0 bridgehead atoms. The van der Waals surface area contributed by atoms with E-state index in [2.05, 4.69) is 0 Å². The molecule has 2 rings (SSSR count). The van der Waals surface area contributed by atoms with E-state index in [9.17, 15) is 8.42 Å². The van der Waals surface area contributed by atoms with Crippen LogP contribution in [0.1, 0.15) is 5.56 Å². The van der Waals surface area contributed by atoms with Crippen LogP contribution in [0.15, 0.2) is 41.3 Å². The Kier molecular flexibility index (Phi) is 4.71. The van der Waals surface area contributed by atoms with Gasteiger partial charge in [0.25, 0.3) is 10.1 Å². The summed E-state index contributed by atoms with van der Waals surface area (Å²) >= 11 is 0. The van der Waals surface area contributed by atoms with Crippen LogP contribution in [0.2, 0.25) is 0 Å². The third kappa shape index (κ3) is 2.73. The third-order valence-corrected chi connectivity index (χ3v) is 3.39. The van der Waals surface area contributed by atoms with Crippen molar-refractivity contribution in [2.45, 2.75) is 11.8 Å². The Bertz CT molecular complexity index is 620. The number of aryl methyl sites for hydroxylation is 1. The van der Waals surface area contributed by atoms with Gasteiger partial charge in [0.05, 0.1) is 0 Å². The molecule has 0 fully saturated rings. The molecule has 0 aromatic heterocycles. The van der Waals surface area contributed by atoms with E-state index in [1.54, 1.807) is 25.1 Å². The summed E-state index contributed by atoms with van der Waals surface area (Å²) in [7, 11) is -4.16. The molecule has 16 heavy (non-hydrogen) atoms. The number of hydrogen-bond donors (Lipinski definition) is 1. The second-order valence-electron chi connectivity index (χ2n) is 3.41. The molecule has 0 atom stereocenters. The zero-order valence-electron chi connectivity index (χ0n) is 9.14. The van der Waals surface area contributed by atoms with Crippen LogP contribution in [0, 0.1) is 6.92 Å². The second kappa shape index (κ2) is 5.26. The molecular weight excluding hydrogens is 251 g/mol. The minimum absolute atomic E-state index is 0. The molecule has 2 aromatic carbocycles. The minimum Gasteiger partial charge on any atom is -0.282 e. The summed E-state index contributed by atoms with van der Waals surface area (Å²) < 4.78 is 31.6. The van der Waals surface area contributed by atoms with Crippen molar-refractivity contribution in [2.75, 3.05) is 0 Å². The quantitative estimate of drug-likeness (QED) is 0.631. The van der Waals surface area contributed by atoms with E-state index in [1.807, 2.05) is 18.2 Å². The predicted octanol–water partition coefficient (Wildman–Crippen LogP) is 2.01. The normalized spacial score (nSPS) is 11.1. The fraction of sp³-hybridized carbons (Fsp3) is 0.0909. The van der Waals surface area contributed by atoms with Crippen molar-refractivity contribution < 1.29 is 13.0 Å². The summed E-state index contributed by atoms with van der Waals surface area (Å²) in [4.78, 5) is 0.000556. The first-order valence-corrected chi connectivity index (χ1v) is 5.90. The fourth-order valence-electron chi connectivity index (χ4n) is 1.69. The summed E-state index contributed by atoms with van der Waals surface area (Å²) in [5, 5.41) is 1.36. The molecule has 2 aromatic rings. The predicted molar refractivity (Wildman–Crippen MR) is 64.3 cm³/mol. The minimum atomic E-state index is -4.16. The van der Waals surface area contributed by atoms with Crippen LogP contribution in [0.4, 0.5) is 0 Å². The van der Waals surface area contributed by atoms with Gasteiger partial charge in [-0.3, -0.25) is 4.55 Å². The zero-order valence-corrected chi connectivity index (χ0v) is 13.1. The van der Waals surface area contributed by atoms with Gasteiger partial charge in [0.15, 0.2) is 0 Å². The van der Waals surface area contributed by atoms with E-state index in [0.29, 0.717) is 10.9 Å². The average Bonchev–Trinajstić information content (AvgIpc) is 2.15.